The molecule has 0 unspecified atom stereocenters. The lowest BCUT2D eigenvalue weighted by atomic mass is 9.89. The first kappa shape index (κ1) is 16.4. The van der Waals surface area contributed by atoms with E-state index in [9.17, 15) is 9.18 Å². The second-order valence-corrected chi connectivity index (χ2v) is 6.03. The molecule has 0 radical (unpaired) electrons. The van der Waals surface area contributed by atoms with E-state index in [1.54, 1.807) is 0 Å². The van der Waals surface area contributed by atoms with Crippen LogP contribution in [0.15, 0.2) is 30.3 Å². The number of ketones is 1. The molecule has 0 N–H and O–H groups in total. The topological polar surface area (TPSA) is 55.3 Å². The Bertz CT molecular complexity index is 734. The molecule has 2 aromatic rings. The number of carbonyl (C=O) groups is 1. The number of aromatic nitrogens is 2. The Labute approximate surface area is 140 Å². The molecular weight excluding hydrogens is 309 g/mol. The van der Waals surface area contributed by atoms with Crippen molar-refractivity contribution in [2.24, 2.45) is 5.92 Å². The molecule has 0 bridgehead atoms. The van der Waals surface area contributed by atoms with Crippen molar-refractivity contribution in [3.8, 4) is 5.75 Å². The third-order valence-corrected chi connectivity index (χ3v) is 4.33. The standard InChI is InChI=1S/C18H20FN3O2/c1-12-5-8-17(21-20-12)22-9-3-4-13(11-22)18(23)15-10-14(19)6-7-16(15)24-2/h5-8,10,13H,3-4,9,11H2,1-2H3/t13-/m0/s1. The minimum atomic E-state index is -0.434. The molecule has 1 aromatic heterocycles. The lowest BCUT2D eigenvalue weighted by molar-refractivity contribution is 0.0903. The van der Waals surface area contributed by atoms with Crippen molar-refractivity contribution in [2.75, 3.05) is 25.1 Å². The first-order valence-corrected chi connectivity index (χ1v) is 8.01. The van der Waals surface area contributed by atoms with Crippen molar-refractivity contribution in [1.82, 2.24) is 10.2 Å². The highest BCUT2D eigenvalue weighted by Gasteiger charge is 2.29. The van der Waals surface area contributed by atoms with Crippen LogP contribution >= 0.6 is 0 Å². The summed E-state index contributed by atoms with van der Waals surface area (Å²) in [5.74, 6) is 0.447. The molecule has 0 aliphatic carbocycles. The van der Waals surface area contributed by atoms with E-state index in [-0.39, 0.29) is 11.7 Å². The molecule has 24 heavy (non-hydrogen) atoms. The molecule has 1 atom stereocenters. The van der Waals surface area contributed by atoms with Gasteiger partial charge in [0, 0.05) is 19.0 Å². The zero-order chi connectivity index (χ0) is 17.1. The fourth-order valence-corrected chi connectivity index (χ4v) is 3.05. The molecule has 1 aliphatic heterocycles. The maximum Gasteiger partial charge on any atom is 0.171 e. The highest BCUT2D eigenvalue weighted by Crippen LogP contribution is 2.28. The van der Waals surface area contributed by atoms with Crippen LogP contribution in [0.25, 0.3) is 0 Å². The van der Waals surface area contributed by atoms with Crippen molar-refractivity contribution in [3.05, 3.63) is 47.4 Å². The maximum atomic E-state index is 13.6. The van der Waals surface area contributed by atoms with Gasteiger partial charge in [0.1, 0.15) is 11.6 Å². The van der Waals surface area contributed by atoms with Crippen molar-refractivity contribution < 1.29 is 13.9 Å². The van der Waals surface area contributed by atoms with E-state index < -0.39 is 5.82 Å². The van der Waals surface area contributed by atoms with Gasteiger partial charge in [0.15, 0.2) is 11.6 Å². The largest absolute Gasteiger partial charge is 0.496 e. The Morgan fingerprint density at radius 1 is 1.29 bits per heavy atom. The zero-order valence-corrected chi connectivity index (χ0v) is 13.8. The third kappa shape index (κ3) is 3.37. The number of nitrogens with zero attached hydrogens (tertiary/aromatic N) is 3. The predicted octanol–water partition coefficient (Wildman–Crippen LogP) is 3.03. The van der Waals surface area contributed by atoms with Gasteiger partial charge < -0.3 is 9.64 Å². The summed E-state index contributed by atoms with van der Waals surface area (Å²) in [7, 11) is 1.49. The monoisotopic (exact) mass is 329 g/mol. The van der Waals surface area contributed by atoms with Crippen LogP contribution in [-0.4, -0.2) is 36.2 Å². The van der Waals surface area contributed by atoms with Gasteiger partial charge in [-0.2, -0.15) is 5.10 Å². The second-order valence-electron chi connectivity index (χ2n) is 6.03. The Hall–Kier alpha value is -2.50. The minimum absolute atomic E-state index is 0.0869. The number of anilines is 1. The Kier molecular flexibility index (Phi) is 4.74. The van der Waals surface area contributed by atoms with Gasteiger partial charge in [-0.05, 0) is 50.1 Å². The first-order chi connectivity index (χ1) is 11.6. The molecule has 5 nitrogen and oxygen atoms in total. The summed E-state index contributed by atoms with van der Waals surface area (Å²) in [6.45, 7) is 3.27. The van der Waals surface area contributed by atoms with Gasteiger partial charge in [-0.1, -0.05) is 0 Å². The van der Waals surface area contributed by atoms with Crippen LogP contribution < -0.4 is 9.64 Å². The van der Waals surface area contributed by atoms with Crippen LogP contribution in [0.2, 0.25) is 0 Å². The summed E-state index contributed by atoms with van der Waals surface area (Å²) in [6.07, 6.45) is 1.65. The molecular formula is C18H20FN3O2. The van der Waals surface area contributed by atoms with Crippen LogP contribution in [0, 0.1) is 18.7 Å². The number of piperidine rings is 1. The molecule has 0 amide bonds. The van der Waals surface area contributed by atoms with Gasteiger partial charge >= 0.3 is 0 Å². The number of halogens is 1. The van der Waals surface area contributed by atoms with E-state index >= 15 is 0 Å². The van der Waals surface area contributed by atoms with Gasteiger partial charge in [-0.3, -0.25) is 4.79 Å². The van der Waals surface area contributed by atoms with E-state index in [4.69, 9.17) is 4.74 Å². The minimum Gasteiger partial charge on any atom is -0.496 e. The molecule has 6 heteroatoms. The lowest BCUT2D eigenvalue weighted by Crippen LogP contribution is -2.39. The molecule has 0 saturated carbocycles. The fraction of sp³-hybridized carbons (Fsp3) is 0.389. The molecule has 3 rings (SSSR count). The summed E-state index contributed by atoms with van der Waals surface area (Å²) in [4.78, 5) is 14.9. The number of ether oxygens (including phenoxy) is 1. The summed E-state index contributed by atoms with van der Waals surface area (Å²) < 4.78 is 18.8. The molecule has 1 aromatic carbocycles. The van der Waals surface area contributed by atoms with Crippen LogP contribution in [0.3, 0.4) is 0 Å². The number of hydrogen-bond acceptors (Lipinski definition) is 5. The number of hydrogen-bond donors (Lipinski definition) is 0. The highest BCUT2D eigenvalue weighted by molar-refractivity contribution is 6.00. The van der Waals surface area contributed by atoms with Crippen molar-refractivity contribution in [3.63, 3.8) is 0 Å². The number of carbonyl (C=O) groups excluding carboxylic acids is 1. The van der Waals surface area contributed by atoms with E-state index in [0.29, 0.717) is 17.9 Å². The average molecular weight is 329 g/mol. The fourth-order valence-electron chi connectivity index (χ4n) is 3.05. The predicted molar refractivity (Wildman–Crippen MR) is 89.0 cm³/mol. The summed E-state index contributed by atoms with van der Waals surface area (Å²) in [5, 5.41) is 8.27. The molecule has 1 fully saturated rings. The SMILES string of the molecule is COc1ccc(F)cc1C(=O)[C@H]1CCCN(c2ccc(C)nn2)C1. The number of Topliss-reactive ketones (excluding diaryl/α,β-unsaturated/α-hetero) is 1. The quantitative estimate of drug-likeness (QED) is 0.807. The normalized spacial score (nSPS) is 17.6. The average Bonchev–Trinajstić information content (AvgIpc) is 2.62. The zero-order valence-electron chi connectivity index (χ0n) is 13.8. The molecule has 2 heterocycles. The summed E-state index contributed by atoms with van der Waals surface area (Å²) in [5.41, 5.74) is 1.16. The van der Waals surface area contributed by atoms with Crippen molar-refractivity contribution in [2.45, 2.75) is 19.8 Å². The highest BCUT2D eigenvalue weighted by atomic mass is 19.1. The summed E-state index contributed by atoms with van der Waals surface area (Å²) in [6, 6.07) is 7.87. The number of aryl methyl sites for hydroxylation is 1. The molecule has 126 valence electrons. The van der Waals surface area contributed by atoms with Gasteiger partial charge in [0.25, 0.3) is 0 Å². The number of rotatable bonds is 4. The molecule has 1 saturated heterocycles. The van der Waals surface area contributed by atoms with Crippen LogP contribution in [-0.2, 0) is 0 Å². The second kappa shape index (κ2) is 6.95. The Morgan fingerprint density at radius 2 is 2.12 bits per heavy atom. The summed E-state index contributed by atoms with van der Waals surface area (Å²) >= 11 is 0. The van der Waals surface area contributed by atoms with E-state index in [1.807, 2.05) is 19.1 Å². The Balaban J connectivity index is 1.80. The lowest BCUT2D eigenvalue weighted by Gasteiger charge is -2.32. The van der Waals surface area contributed by atoms with Crippen LogP contribution in [0.1, 0.15) is 28.9 Å². The van der Waals surface area contributed by atoms with Gasteiger partial charge in [-0.15, -0.1) is 5.10 Å². The van der Waals surface area contributed by atoms with Crippen molar-refractivity contribution in [1.29, 1.82) is 0 Å². The number of benzene rings is 1. The molecule has 1 aliphatic rings. The van der Waals surface area contributed by atoms with Gasteiger partial charge in [0.05, 0.1) is 18.4 Å². The number of methoxy groups -OCH3 is 1. The van der Waals surface area contributed by atoms with E-state index in [2.05, 4.69) is 15.1 Å². The van der Waals surface area contributed by atoms with E-state index in [0.717, 1.165) is 30.9 Å². The van der Waals surface area contributed by atoms with Gasteiger partial charge in [-0.25, -0.2) is 4.39 Å². The maximum absolute atomic E-state index is 13.6. The van der Waals surface area contributed by atoms with Crippen molar-refractivity contribution >= 4 is 11.6 Å². The molecule has 0 spiro atoms. The first-order valence-electron chi connectivity index (χ1n) is 8.01. The van der Waals surface area contributed by atoms with Gasteiger partial charge in [0.2, 0.25) is 0 Å². The smallest absolute Gasteiger partial charge is 0.171 e. The Morgan fingerprint density at radius 3 is 2.83 bits per heavy atom. The third-order valence-electron chi connectivity index (χ3n) is 4.33. The van der Waals surface area contributed by atoms with Crippen LogP contribution in [0.5, 0.6) is 5.75 Å². The van der Waals surface area contributed by atoms with Crippen LogP contribution in [0.4, 0.5) is 10.2 Å². The van der Waals surface area contributed by atoms with E-state index in [1.165, 1.54) is 25.3 Å².